The molecule has 0 fully saturated rings. The Balaban J connectivity index is 2.27. The van der Waals surface area contributed by atoms with E-state index >= 15 is 0 Å². The molecule has 0 aromatic rings. The highest BCUT2D eigenvalue weighted by molar-refractivity contribution is 5.75. The first-order chi connectivity index (χ1) is 3.93. The monoisotopic (exact) mass is 110 g/mol. The van der Waals surface area contributed by atoms with Crippen LogP contribution in [0.5, 0.6) is 0 Å². The fourth-order valence-electron chi connectivity index (χ4n) is 0.518. The van der Waals surface area contributed by atoms with Crippen molar-refractivity contribution < 1.29 is 4.74 Å². The molecule has 0 spiro atoms. The average Bonchev–Trinajstić information content (AvgIpc) is 2.19. The van der Waals surface area contributed by atoms with Gasteiger partial charge in [-0.05, 0) is 19.1 Å². The SMILES string of the molecule is CCO[C]1C=CC=N1. The van der Waals surface area contributed by atoms with E-state index in [4.69, 9.17) is 4.74 Å². The average molecular weight is 110 g/mol. The summed E-state index contributed by atoms with van der Waals surface area (Å²) in [6.45, 7) is 2.63. The summed E-state index contributed by atoms with van der Waals surface area (Å²) >= 11 is 0. The molecule has 1 aliphatic rings. The van der Waals surface area contributed by atoms with Crippen LogP contribution in [0.4, 0.5) is 0 Å². The first kappa shape index (κ1) is 5.51. The molecule has 0 aliphatic carbocycles. The molecule has 1 aliphatic heterocycles. The van der Waals surface area contributed by atoms with Crippen molar-refractivity contribution in [1.82, 2.24) is 0 Å². The Hall–Kier alpha value is -0.630. The number of ether oxygens (including phenoxy) is 1. The Bertz CT molecular complexity index is 106. The highest BCUT2D eigenvalue weighted by Crippen LogP contribution is 2.08. The van der Waals surface area contributed by atoms with Crippen molar-refractivity contribution in [2.45, 2.75) is 6.92 Å². The maximum atomic E-state index is 5.03. The number of hydrogen-bond acceptors (Lipinski definition) is 2. The predicted molar refractivity (Wildman–Crippen MR) is 32.5 cm³/mol. The molecule has 1 heterocycles. The van der Waals surface area contributed by atoms with E-state index in [1.54, 1.807) is 6.21 Å². The highest BCUT2D eigenvalue weighted by atomic mass is 16.5. The third kappa shape index (κ3) is 1.17. The summed E-state index contributed by atoms with van der Waals surface area (Å²) in [7, 11) is 0. The molecule has 43 valence electrons. The van der Waals surface area contributed by atoms with Crippen LogP contribution in [0.1, 0.15) is 6.92 Å². The molecule has 0 atom stereocenters. The lowest BCUT2D eigenvalue weighted by Gasteiger charge is -1.98. The molecule has 0 aromatic heterocycles. The molecule has 0 aromatic carbocycles. The van der Waals surface area contributed by atoms with Crippen LogP contribution >= 0.6 is 0 Å². The fraction of sp³-hybridized carbons (Fsp3) is 0.333. The van der Waals surface area contributed by atoms with Gasteiger partial charge in [-0.1, -0.05) is 0 Å². The van der Waals surface area contributed by atoms with Crippen LogP contribution in [0.3, 0.4) is 0 Å². The zero-order chi connectivity index (χ0) is 5.82. The third-order valence-corrected chi connectivity index (χ3v) is 0.819. The molecule has 0 unspecified atom stereocenters. The van der Waals surface area contributed by atoms with Gasteiger partial charge in [0.2, 0.25) is 6.23 Å². The predicted octanol–water partition coefficient (Wildman–Crippen LogP) is 1.15. The summed E-state index contributed by atoms with van der Waals surface area (Å²) in [5.74, 6) is 0. The van der Waals surface area contributed by atoms with E-state index in [2.05, 4.69) is 4.99 Å². The summed E-state index contributed by atoms with van der Waals surface area (Å²) < 4.78 is 5.03. The third-order valence-electron chi connectivity index (χ3n) is 0.819. The van der Waals surface area contributed by atoms with Crippen molar-refractivity contribution in [3.05, 3.63) is 18.4 Å². The van der Waals surface area contributed by atoms with Crippen LogP contribution in [0.15, 0.2) is 17.1 Å². The molecule has 1 radical (unpaired) electrons. The lowest BCUT2D eigenvalue weighted by Crippen LogP contribution is -1.92. The molecule has 8 heavy (non-hydrogen) atoms. The Labute approximate surface area is 48.9 Å². The van der Waals surface area contributed by atoms with E-state index in [-0.39, 0.29) is 0 Å². The second-order valence-electron chi connectivity index (χ2n) is 1.41. The van der Waals surface area contributed by atoms with Gasteiger partial charge >= 0.3 is 0 Å². The van der Waals surface area contributed by atoms with Crippen LogP contribution in [-0.4, -0.2) is 12.8 Å². The van der Waals surface area contributed by atoms with E-state index in [0.29, 0.717) is 12.8 Å². The quantitative estimate of drug-likeness (QED) is 0.522. The normalized spacial score (nSPS) is 18.1. The van der Waals surface area contributed by atoms with E-state index in [1.165, 1.54) is 0 Å². The second-order valence-corrected chi connectivity index (χ2v) is 1.41. The Kier molecular flexibility index (Phi) is 1.80. The summed E-state index contributed by atoms with van der Waals surface area (Å²) in [5, 5.41) is 0. The van der Waals surface area contributed by atoms with Gasteiger partial charge in [-0.15, -0.1) is 0 Å². The van der Waals surface area contributed by atoms with E-state index in [9.17, 15) is 0 Å². The number of hydrogen-bond donors (Lipinski definition) is 0. The van der Waals surface area contributed by atoms with Crippen LogP contribution in [0.25, 0.3) is 0 Å². The number of nitrogens with zero attached hydrogens (tertiary/aromatic N) is 1. The number of aliphatic imine (C=N–C) groups is 1. The van der Waals surface area contributed by atoms with Crippen molar-refractivity contribution in [2.24, 2.45) is 4.99 Å². The van der Waals surface area contributed by atoms with Crippen molar-refractivity contribution in [2.75, 3.05) is 6.61 Å². The molecule has 2 nitrogen and oxygen atoms in total. The van der Waals surface area contributed by atoms with Crippen molar-refractivity contribution in [3.8, 4) is 0 Å². The van der Waals surface area contributed by atoms with Crippen molar-refractivity contribution >= 4 is 6.21 Å². The molecular formula is C6H8NO. The fourth-order valence-corrected chi connectivity index (χ4v) is 0.518. The molecule has 0 amide bonds. The standard InChI is InChI=1S/C6H8NO/c1-2-8-6-4-3-5-7-6/h3-5H,2H2,1H3. The van der Waals surface area contributed by atoms with Gasteiger partial charge in [0.15, 0.2) is 0 Å². The van der Waals surface area contributed by atoms with Crippen molar-refractivity contribution in [3.63, 3.8) is 0 Å². The van der Waals surface area contributed by atoms with Gasteiger partial charge in [-0.2, -0.15) is 0 Å². The van der Waals surface area contributed by atoms with Crippen LogP contribution in [0.2, 0.25) is 0 Å². The van der Waals surface area contributed by atoms with Gasteiger partial charge in [0.1, 0.15) is 0 Å². The van der Waals surface area contributed by atoms with E-state index < -0.39 is 0 Å². The van der Waals surface area contributed by atoms with E-state index in [1.807, 2.05) is 19.1 Å². The highest BCUT2D eigenvalue weighted by Gasteiger charge is 2.03. The lowest BCUT2D eigenvalue weighted by molar-refractivity contribution is 0.182. The Morgan fingerprint density at radius 2 is 2.62 bits per heavy atom. The van der Waals surface area contributed by atoms with Gasteiger partial charge in [0.05, 0.1) is 0 Å². The minimum atomic E-state index is 0.691. The topological polar surface area (TPSA) is 21.6 Å². The molecule has 0 saturated heterocycles. The minimum Gasteiger partial charge on any atom is -0.346 e. The first-order valence-corrected chi connectivity index (χ1v) is 2.64. The van der Waals surface area contributed by atoms with Gasteiger partial charge in [-0.3, -0.25) is 0 Å². The van der Waals surface area contributed by atoms with Crippen LogP contribution < -0.4 is 0 Å². The molecule has 0 N–H and O–H groups in total. The minimum absolute atomic E-state index is 0.691. The summed E-state index contributed by atoms with van der Waals surface area (Å²) in [5.41, 5.74) is 0. The molecule has 0 saturated carbocycles. The second kappa shape index (κ2) is 2.62. The zero-order valence-corrected chi connectivity index (χ0v) is 4.79. The van der Waals surface area contributed by atoms with Gasteiger partial charge in [0.25, 0.3) is 0 Å². The Morgan fingerprint density at radius 1 is 1.75 bits per heavy atom. The van der Waals surface area contributed by atoms with E-state index in [0.717, 1.165) is 0 Å². The molecule has 1 rings (SSSR count). The van der Waals surface area contributed by atoms with Crippen LogP contribution in [0, 0.1) is 6.23 Å². The number of allylic oxidation sites excluding steroid dienone is 1. The zero-order valence-electron chi connectivity index (χ0n) is 4.79. The lowest BCUT2D eigenvalue weighted by atomic mass is 10.5. The van der Waals surface area contributed by atoms with Crippen molar-refractivity contribution in [1.29, 1.82) is 0 Å². The van der Waals surface area contributed by atoms with Crippen LogP contribution in [-0.2, 0) is 4.74 Å². The number of rotatable bonds is 2. The maximum Gasteiger partial charge on any atom is 0.232 e. The molecular weight excluding hydrogens is 102 g/mol. The van der Waals surface area contributed by atoms with Gasteiger partial charge in [0, 0.05) is 12.8 Å². The van der Waals surface area contributed by atoms with Gasteiger partial charge < -0.3 is 4.74 Å². The largest absolute Gasteiger partial charge is 0.346 e. The maximum absolute atomic E-state index is 5.03. The smallest absolute Gasteiger partial charge is 0.232 e. The first-order valence-electron chi connectivity index (χ1n) is 2.64. The summed E-state index contributed by atoms with van der Waals surface area (Å²) in [6.07, 6.45) is 6.12. The van der Waals surface area contributed by atoms with Gasteiger partial charge in [-0.25, -0.2) is 4.99 Å². The summed E-state index contributed by atoms with van der Waals surface area (Å²) in [6, 6.07) is 0. The Morgan fingerprint density at radius 3 is 3.12 bits per heavy atom. The molecule has 2 heteroatoms. The summed E-state index contributed by atoms with van der Waals surface area (Å²) in [4.78, 5) is 3.88. The molecule has 0 bridgehead atoms.